The van der Waals surface area contributed by atoms with Gasteiger partial charge in [-0.2, -0.15) is 0 Å². The van der Waals surface area contributed by atoms with E-state index < -0.39 is 23.2 Å². The highest BCUT2D eigenvalue weighted by Crippen LogP contribution is 2.43. The molecular weight excluding hydrogens is 353 g/mol. The first kappa shape index (κ1) is 16.5. The second kappa shape index (κ2) is 6.26. The van der Waals surface area contributed by atoms with Gasteiger partial charge in [0.1, 0.15) is 5.76 Å². The molecule has 0 bridgehead atoms. The Hall–Kier alpha value is -2.37. The Kier molecular flexibility index (Phi) is 4.30. The Morgan fingerprint density at radius 3 is 2.17 bits per heavy atom. The molecule has 0 radical (unpaired) electrons. The van der Waals surface area contributed by atoms with Crippen molar-refractivity contribution >= 4 is 34.7 Å². The maximum absolute atomic E-state index is 12.7. The molecule has 0 aromatic heterocycles. The number of Topliss-reactive ketones (excluding diaryl/α,β-unsaturated/α-hetero) is 1. The summed E-state index contributed by atoms with van der Waals surface area (Å²) in [6, 6.07) is 11.2. The summed E-state index contributed by atoms with van der Waals surface area (Å²) in [5.41, 5.74) is 0.874. The van der Waals surface area contributed by atoms with Crippen molar-refractivity contribution in [1.29, 1.82) is 0 Å². The van der Waals surface area contributed by atoms with Crippen LogP contribution in [0, 0.1) is 10.1 Å². The lowest BCUT2D eigenvalue weighted by atomic mass is 9.88. The van der Waals surface area contributed by atoms with Gasteiger partial charge in [0.2, 0.25) is 6.54 Å². The van der Waals surface area contributed by atoms with Gasteiger partial charge in [-0.1, -0.05) is 53.5 Å². The van der Waals surface area contributed by atoms with Crippen LogP contribution < -0.4 is 0 Å². The molecule has 24 heavy (non-hydrogen) atoms. The number of halogens is 2. The average Bonchev–Trinajstić information content (AvgIpc) is 2.78. The molecule has 2 aromatic rings. The number of ketones is 1. The first-order valence-electron chi connectivity index (χ1n) is 7.04. The van der Waals surface area contributed by atoms with Gasteiger partial charge in [-0.15, -0.1) is 0 Å². The molecule has 0 fully saturated rings. The highest BCUT2D eigenvalue weighted by atomic mass is 35.5. The second-order valence-electron chi connectivity index (χ2n) is 5.34. The Bertz CT molecular complexity index is 872. The molecule has 2 aromatic carbocycles. The summed E-state index contributed by atoms with van der Waals surface area (Å²) in [6.45, 7) is -0.609. The van der Waals surface area contributed by atoms with E-state index in [1.54, 1.807) is 42.5 Å². The molecule has 1 atom stereocenters. The van der Waals surface area contributed by atoms with E-state index in [-0.39, 0.29) is 26.9 Å². The molecule has 0 saturated heterocycles. The second-order valence-corrected chi connectivity index (χ2v) is 6.15. The van der Waals surface area contributed by atoms with Crippen LogP contribution in [0.3, 0.4) is 0 Å². The van der Waals surface area contributed by atoms with Crippen LogP contribution in [0.5, 0.6) is 0 Å². The summed E-state index contributed by atoms with van der Waals surface area (Å²) in [5.74, 6) is -1.76. The lowest BCUT2D eigenvalue weighted by Crippen LogP contribution is -2.19. The van der Waals surface area contributed by atoms with Gasteiger partial charge in [0.25, 0.3) is 0 Å². The summed E-state index contributed by atoms with van der Waals surface area (Å²) in [6.07, 6.45) is 0. The SMILES string of the molecule is O=C1C([C@@H](C[N+](=O)[O-])c2c(Cl)cccc2Cl)=C(O)c2ccccc21. The van der Waals surface area contributed by atoms with E-state index in [2.05, 4.69) is 0 Å². The number of aliphatic hydroxyl groups excluding tert-OH is 1. The van der Waals surface area contributed by atoms with Gasteiger partial charge in [-0.3, -0.25) is 14.9 Å². The van der Waals surface area contributed by atoms with Crippen LogP contribution in [0.2, 0.25) is 10.0 Å². The van der Waals surface area contributed by atoms with Gasteiger partial charge in [-0.25, -0.2) is 0 Å². The summed E-state index contributed by atoms with van der Waals surface area (Å²) < 4.78 is 0. The monoisotopic (exact) mass is 363 g/mol. The minimum atomic E-state index is -1.04. The van der Waals surface area contributed by atoms with E-state index >= 15 is 0 Å². The van der Waals surface area contributed by atoms with Gasteiger partial charge in [0.15, 0.2) is 5.78 Å². The molecule has 0 amide bonds. The molecule has 7 heteroatoms. The first-order chi connectivity index (χ1) is 11.4. The Balaban J connectivity index is 2.21. The van der Waals surface area contributed by atoms with Crippen LogP contribution in [-0.4, -0.2) is 22.4 Å². The zero-order valence-corrected chi connectivity index (χ0v) is 13.7. The Morgan fingerprint density at radius 1 is 1.04 bits per heavy atom. The van der Waals surface area contributed by atoms with Gasteiger partial charge < -0.3 is 5.11 Å². The summed E-state index contributed by atoms with van der Waals surface area (Å²) in [5, 5.41) is 22.1. The van der Waals surface area contributed by atoms with Gasteiger partial charge >= 0.3 is 0 Å². The third kappa shape index (κ3) is 2.66. The zero-order chi connectivity index (χ0) is 17.4. The molecular formula is C17H11Cl2NO4. The van der Waals surface area contributed by atoms with Crippen molar-refractivity contribution in [1.82, 2.24) is 0 Å². The van der Waals surface area contributed by atoms with E-state index in [0.717, 1.165) is 0 Å². The number of aliphatic hydroxyl groups is 1. The maximum Gasteiger partial charge on any atom is 0.215 e. The smallest absolute Gasteiger partial charge is 0.215 e. The minimum Gasteiger partial charge on any atom is -0.507 e. The largest absolute Gasteiger partial charge is 0.507 e. The fourth-order valence-corrected chi connectivity index (χ4v) is 3.59. The van der Waals surface area contributed by atoms with Crippen LogP contribution in [0.15, 0.2) is 48.0 Å². The standard InChI is InChI=1S/C17H11Cl2NO4/c18-12-6-3-7-13(19)14(12)11(8-20(23)24)15-16(21)9-4-1-2-5-10(9)17(15)22/h1-7,11,21H,8H2/t11-/m0/s1. The van der Waals surface area contributed by atoms with E-state index in [1.165, 1.54) is 0 Å². The fraction of sp³-hybridized carbons (Fsp3) is 0.118. The number of hydrogen-bond acceptors (Lipinski definition) is 4. The molecule has 0 spiro atoms. The van der Waals surface area contributed by atoms with E-state index in [0.29, 0.717) is 11.1 Å². The van der Waals surface area contributed by atoms with Crippen molar-refractivity contribution in [2.45, 2.75) is 5.92 Å². The van der Waals surface area contributed by atoms with Crippen LogP contribution >= 0.6 is 23.2 Å². The summed E-state index contributed by atoms with van der Waals surface area (Å²) in [4.78, 5) is 23.3. The quantitative estimate of drug-likeness (QED) is 0.639. The van der Waals surface area contributed by atoms with Crippen LogP contribution in [0.25, 0.3) is 5.76 Å². The predicted molar refractivity (Wildman–Crippen MR) is 91.4 cm³/mol. The molecule has 1 aliphatic carbocycles. The average molecular weight is 364 g/mol. The van der Waals surface area contributed by atoms with Crippen molar-refractivity contribution in [2.75, 3.05) is 6.54 Å². The fourth-order valence-electron chi connectivity index (χ4n) is 2.93. The molecule has 1 N–H and O–H groups in total. The highest BCUT2D eigenvalue weighted by Gasteiger charge is 2.39. The Labute approximate surface area is 147 Å². The number of hydrogen-bond donors (Lipinski definition) is 1. The van der Waals surface area contributed by atoms with Crippen molar-refractivity contribution in [3.8, 4) is 0 Å². The topological polar surface area (TPSA) is 80.4 Å². The lowest BCUT2D eigenvalue weighted by Gasteiger charge is -2.17. The minimum absolute atomic E-state index is 0.0529. The molecule has 0 heterocycles. The van der Waals surface area contributed by atoms with Crippen molar-refractivity contribution < 1.29 is 14.8 Å². The molecule has 122 valence electrons. The van der Waals surface area contributed by atoms with Crippen LogP contribution in [0.4, 0.5) is 0 Å². The van der Waals surface area contributed by atoms with Crippen LogP contribution in [0.1, 0.15) is 27.4 Å². The van der Waals surface area contributed by atoms with Crippen molar-refractivity contribution in [3.05, 3.63) is 84.9 Å². The third-order valence-corrected chi connectivity index (χ3v) is 4.61. The third-order valence-electron chi connectivity index (χ3n) is 3.95. The summed E-state index contributed by atoms with van der Waals surface area (Å²) in [7, 11) is 0. The van der Waals surface area contributed by atoms with E-state index in [1.807, 2.05) is 0 Å². The number of nitrogens with zero attached hydrogens (tertiary/aromatic N) is 1. The number of benzene rings is 2. The maximum atomic E-state index is 12.7. The number of rotatable bonds is 4. The number of nitro groups is 1. The number of fused-ring (bicyclic) bond motifs is 1. The molecule has 1 aliphatic rings. The molecule has 5 nitrogen and oxygen atoms in total. The van der Waals surface area contributed by atoms with Crippen molar-refractivity contribution in [3.63, 3.8) is 0 Å². The highest BCUT2D eigenvalue weighted by molar-refractivity contribution is 6.36. The van der Waals surface area contributed by atoms with E-state index in [4.69, 9.17) is 23.2 Å². The molecule has 3 rings (SSSR count). The number of carbonyl (C=O) groups excluding carboxylic acids is 1. The molecule has 0 saturated carbocycles. The molecule has 0 aliphatic heterocycles. The van der Waals surface area contributed by atoms with Crippen LogP contribution in [-0.2, 0) is 0 Å². The van der Waals surface area contributed by atoms with E-state index in [9.17, 15) is 20.0 Å². The van der Waals surface area contributed by atoms with Gasteiger partial charge in [0.05, 0.1) is 11.5 Å². The van der Waals surface area contributed by atoms with Gasteiger partial charge in [0, 0.05) is 31.7 Å². The Morgan fingerprint density at radius 2 is 1.62 bits per heavy atom. The summed E-state index contributed by atoms with van der Waals surface area (Å²) >= 11 is 12.3. The molecule has 0 unspecified atom stereocenters. The lowest BCUT2D eigenvalue weighted by molar-refractivity contribution is -0.481. The number of carbonyl (C=O) groups is 1. The first-order valence-corrected chi connectivity index (χ1v) is 7.80. The predicted octanol–water partition coefficient (Wildman–Crippen LogP) is 4.52. The normalized spacial score (nSPS) is 14.7. The zero-order valence-electron chi connectivity index (χ0n) is 12.2. The van der Waals surface area contributed by atoms with Crippen molar-refractivity contribution in [2.24, 2.45) is 0 Å². The van der Waals surface area contributed by atoms with Gasteiger partial charge in [-0.05, 0) is 12.1 Å².